The molecular formula is C13H22N2O3. The number of rotatable bonds is 5. The molecule has 0 radical (unpaired) electrons. The molecule has 1 aliphatic heterocycles. The van der Waals surface area contributed by atoms with Crippen LogP contribution in [0.2, 0.25) is 0 Å². The van der Waals surface area contributed by atoms with E-state index in [2.05, 4.69) is 6.58 Å². The van der Waals surface area contributed by atoms with Gasteiger partial charge >= 0.3 is 12.0 Å². The SMILES string of the molecule is C=CCCCN(C)C(=O)N1CCCCC1C(=O)O. The van der Waals surface area contributed by atoms with Crippen LogP contribution in [0, 0.1) is 0 Å². The second-order valence-electron chi connectivity index (χ2n) is 4.68. The summed E-state index contributed by atoms with van der Waals surface area (Å²) in [5, 5.41) is 9.13. The molecule has 1 saturated heterocycles. The molecule has 5 heteroatoms. The molecule has 5 nitrogen and oxygen atoms in total. The third-order valence-corrected chi connectivity index (χ3v) is 3.26. The Kier molecular flexibility index (Phi) is 5.68. The van der Waals surface area contributed by atoms with E-state index in [0.29, 0.717) is 19.5 Å². The van der Waals surface area contributed by atoms with Crippen LogP contribution in [0.25, 0.3) is 0 Å². The first-order chi connectivity index (χ1) is 8.57. The number of unbranched alkanes of at least 4 members (excludes halogenated alkanes) is 1. The summed E-state index contributed by atoms with van der Waals surface area (Å²) < 4.78 is 0. The van der Waals surface area contributed by atoms with Crippen LogP contribution in [-0.4, -0.2) is 53.1 Å². The van der Waals surface area contributed by atoms with E-state index in [0.717, 1.165) is 25.7 Å². The molecule has 0 saturated carbocycles. The average molecular weight is 254 g/mol. The Morgan fingerprint density at radius 1 is 1.50 bits per heavy atom. The maximum absolute atomic E-state index is 12.2. The van der Waals surface area contributed by atoms with Crippen molar-refractivity contribution < 1.29 is 14.7 Å². The van der Waals surface area contributed by atoms with Gasteiger partial charge in [0.2, 0.25) is 0 Å². The van der Waals surface area contributed by atoms with Crippen LogP contribution in [0.15, 0.2) is 12.7 Å². The smallest absolute Gasteiger partial charge is 0.326 e. The molecule has 0 bridgehead atoms. The van der Waals surface area contributed by atoms with Gasteiger partial charge in [0.1, 0.15) is 6.04 Å². The lowest BCUT2D eigenvalue weighted by atomic mass is 10.0. The minimum atomic E-state index is -0.900. The van der Waals surface area contributed by atoms with Crippen LogP contribution in [0.5, 0.6) is 0 Å². The van der Waals surface area contributed by atoms with Crippen molar-refractivity contribution in [2.45, 2.75) is 38.1 Å². The summed E-state index contributed by atoms with van der Waals surface area (Å²) in [5.74, 6) is -0.900. The van der Waals surface area contributed by atoms with Gasteiger partial charge in [-0.3, -0.25) is 0 Å². The molecule has 2 amide bonds. The first-order valence-corrected chi connectivity index (χ1v) is 6.43. The van der Waals surface area contributed by atoms with Crippen molar-refractivity contribution in [1.29, 1.82) is 0 Å². The van der Waals surface area contributed by atoms with E-state index in [1.165, 1.54) is 4.90 Å². The zero-order valence-corrected chi connectivity index (χ0v) is 11.0. The fraction of sp³-hybridized carbons (Fsp3) is 0.692. The highest BCUT2D eigenvalue weighted by Gasteiger charge is 2.33. The van der Waals surface area contributed by atoms with Crippen molar-refractivity contribution in [3.05, 3.63) is 12.7 Å². The van der Waals surface area contributed by atoms with E-state index in [1.54, 1.807) is 11.9 Å². The lowest BCUT2D eigenvalue weighted by molar-refractivity contribution is -0.143. The van der Waals surface area contributed by atoms with Gasteiger partial charge in [-0.15, -0.1) is 6.58 Å². The molecule has 102 valence electrons. The van der Waals surface area contributed by atoms with Crippen LogP contribution < -0.4 is 0 Å². The van der Waals surface area contributed by atoms with Crippen molar-refractivity contribution in [3.8, 4) is 0 Å². The zero-order chi connectivity index (χ0) is 13.5. The number of hydrogen-bond donors (Lipinski definition) is 1. The highest BCUT2D eigenvalue weighted by molar-refractivity contribution is 5.82. The first kappa shape index (κ1) is 14.5. The molecule has 1 fully saturated rings. The van der Waals surface area contributed by atoms with Crippen molar-refractivity contribution in [3.63, 3.8) is 0 Å². The second-order valence-corrected chi connectivity index (χ2v) is 4.68. The predicted molar refractivity (Wildman–Crippen MR) is 69.4 cm³/mol. The Balaban J connectivity index is 2.56. The number of aliphatic carboxylic acids is 1. The maximum atomic E-state index is 12.2. The van der Waals surface area contributed by atoms with Crippen molar-refractivity contribution in [2.75, 3.05) is 20.1 Å². The third-order valence-electron chi connectivity index (χ3n) is 3.26. The summed E-state index contributed by atoms with van der Waals surface area (Å²) in [6.07, 6.45) is 5.86. The van der Waals surface area contributed by atoms with Crippen molar-refractivity contribution in [2.24, 2.45) is 0 Å². The molecule has 0 spiro atoms. The predicted octanol–water partition coefficient (Wildman–Crippen LogP) is 1.94. The van der Waals surface area contributed by atoms with Crippen LogP contribution >= 0.6 is 0 Å². The van der Waals surface area contributed by atoms with Gasteiger partial charge in [0, 0.05) is 20.1 Å². The topological polar surface area (TPSA) is 60.9 Å². The highest BCUT2D eigenvalue weighted by Crippen LogP contribution is 2.18. The van der Waals surface area contributed by atoms with E-state index in [4.69, 9.17) is 5.11 Å². The number of urea groups is 1. The maximum Gasteiger partial charge on any atom is 0.326 e. The molecule has 0 aromatic rings. The highest BCUT2D eigenvalue weighted by atomic mass is 16.4. The molecule has 1 rings (SSSR count). The van der Waals surface area contributed by atoms with Gasteiger partial charge in [0.05, 0.1) is 0 Å². The Hall–Kier alpha value is -1.52. The fourth-order valence-corrected chi connectivity index (χ4v) is 2.20. The molecule has 18 heavy (non-hydrogen) atoms. The van der Waals surface area contributed by atoms with Gasteiger partial charge in [0.25, 0.3) is 0 Å². The summed E-state index contributed by atoms with van der Waals surface area (Å²) in [4.78, 5) is 26.4. The number of carboxylic acid groups (broad SMARTS) is 1. The number of hydrogen-bond acceptors (Lipinski definition) is 2. The monoisotopic (exact) mass is 254 g/mol. The Labute approximate surface area is 108 Å². The normalized spacial score (nSPS) is 19.4. The van der Waals surface area contributed by atoms with E-state index >= 15 is 0 Å². The Morgan fingerprint density at radius 3 is 2.83 bits per heavy atom. The number of nitrogens with zero attached hydrogens (tertiary/aromatic N) is 2. The van der Waals surface area contributed by atoms with Gasteiger partial charge in [-0.2, -0.15) is 0 Å². The second kappa shape index (κ2) is 7.03. The summed E-state index contributed by atoms with van der Waals surface area (Å²) in [5.41, 5.74) is 0. The van der Waals surface area contributed by atoms with E-state index < -0.39 is 12.0 Å². The number of likely N-dealkylation sites (tertiary alicyclic amines) is 1. The molecule has 0 aromatic heterocycles. The van der Waals surface area contributed by atoms with Crippen LogP contribution in [0.4, 0.5) is 4.79 Å². The van der Waals surface area contributed by atoms with Crippen LogP contribution in [-0.2, 0) is 4.79 Å². The number of allylic oxidation sites excluding steroid dienone is 1. The summed E-state index contributed by atoms with van der Waals surface area (Å²) >= 11 is 0. The third kappa shape index (κ3) is 3.75. The molecule has 1 aliphatic rings. The zero-order valence-electron chi connectivity index (χ0n) is 11.0. The van der Waals surface area contributed by atoms with Crippen LogP contribution in [0.3, 0.4) is 0 Å². The lowest BCUT2D eigenvalue weighted by Crippen LogP contribution is -2.52. The molecule has 1 atom stereocenters. The number of carbonyl (C=O) groups excluding carboxylic acids is 1. The van der Waals surface area contributed by atoms with Crippen molar-refractivity contribution in [1.82, 2.24) is 9.80 Å². The summed E-state index contributed by atoms with van der Waals surface area (Å²) in [7, 11) is 1.72. The number of piperidine rings is 1. The molecule has 0 aromatic carbocycles. The molecule has 1 N–H and O–H groups in total. The molecule has 1 heterocycles. The molecule has 1 unspecified atom stereocenters. The first-order valence-electron chi connectivity index (χ1n) is 6.43. The molecular weight excluding hydrogens is 232 g/mol. The van der Waals surface area contributed by atoms with Gasteiger partial charge in [0.15, 0.2) is 0 Å². The Morgan fingerprint density at radius 2 is 2.22 bits per heavy atom. The summed E-state index contributed by atoms with van der Waals surface area (Å²) in [6, 6.07) is -0.834. The van der Waals surface area contributed by atoms with Gasteiger partial charge in [-0.25, -0.2) is 9.59 Å². The van der Waals surface area contributed by atoms with E-state index in [1.807, 2.05) is 6.08 Å². The number of carbonyl (C=O) groups is 2. The molecule has 0 aliphatic carbocycles. The Bertz CT molecular complexity index is 317. The minimum absolute atomic E-state index is 0.175. The minimum Gasteiger partial charge on any atom is -0.480 e. The van der Waals surface area contributed by atoms with Gasteiger partial charge in [-0.05, 0) is 32.1 Å². The standard InChI is InChI=1S/C13H22N2O3/c1-3-4-6-9-14(2)13(18)15-10-7-5-8-11(15)12(16)17/h3,11H,1,4-10H2,2H3,(H,16,17). The van der Waals surface area contributed by atoms with Crippen LogP contribution in [0.1, 0.15) is 32.1 Å². The fourth-order valence-electron chi connectivity index (χ4n) is 2.20. The summed E-state index contributed by atoms with van der Waals surface area (Å²) in [6.45, 7) is 4.81. The quantitative estimate of drug-likeness (QED) is 0.602. The van der Waals surface area contributed by atoms with Gasteiger partial charge in [-0.1, -0.05) is 6.08 Å². The van der Waals surface area contributed by atoms with Gasteiger partial charge < -0.3 is 14.9 Å². The van der Waals surface area contributed by atoms with Crippen molar-refractivity contribution >= 4 is 12.0 Å². The number of amides is 2. The van der Waals surface area contributed by atoms with E-state index in [9.17, 15) is 9.59 Å². The lowest BCUT2D eigenvalue weighted by Gasteiger charge is -2.35. The largest absolute Gasteiger partial charge is 0.480 e. The van der Waals surface area contributed by atoms with E-state index in [-0.39, 0.29) is 6.03 Å². The average Bonchev–Trinajstić information content (AvgIpc) is 2.38. The number of carboxylic acids is 1.